The number of hydrogen-bond acceptors (Lipinski definition) is 4. The Morgan fingerprint density at radius 2 is 1.95 bits per heavy atom. The highest BCUT2D eigenvalue weighted by molar-refractivity contribution is 7.88. The first-order valence-corrected chi connectivity index (χ1v) is 10.2. The summed E-state index contributed by atoms with van der Waals surface area (Å²) in [6, 6.07) is 0. The SMILES string of the molecule is CCOC1CCCN(C(=O)C2(NS(C)(=O)=O)CCCCC2)C1. The number of nitrogens with one attached hydrogen (secondary N) is 1. The number of likely N-dealkylation sites (tertiary alicyclic amines) is 1. The Bertz CT molecular complexity index is 484. The molecular formula is C15H28N2O4S. The van der Waals surface area contributed by atoms with Gasteiger partial charge in [-0.05, 0) is 32.6 Å². The van der Waals surface area contributed by atoms with Gasteiger partial charge < -0.3 is 9.64 Å². The molecule has 0 bridgehead atoms. The van der Waals surface area contributed by atoms with Crippen LogP contribution in [0.5, 0.6) is 0 Å². The van der Waals surface area contributed by atoms with E-state index in [1.54, 1.807) is 4.90 Å². The molecule has 2 rings (SSSR count). The van der Waals surface area contributed by atoms with Crippen LogP contribution in [0.1, 0.15) is 51.9 Å². The third-order valence-corrected chi connectivity index (χ3v) is 5.33. The van der Waals surface area contributed by atoms with Crippen LogP contribution in [-0.4, -0.2) is 56.8 Å². The fourth-order valence-electron chi connectivity index (χ4n) is 3.67. The number of carbonyl (C=O) groups excluding carboxylic acids is 1. The molecule has 1 amide bonds. The maximum absolute atomic E-state index is 13.0. The molecule has 0 spiro atoms. The van der Waals surface area contributed by atoms with Gasteiger partial charge in [0, 0.05) is 19.7 Å². The largest absolute Gasteiger partial charge is 0.377 e. The fraction of sp³-hybridized carbons (Fsp3) is 0.933. The molecule has 0 aromatic carbocycles. The first kappa shape index (κ1) is 17.7. The number of amides is 1. The summed E-state index contributed by atoms with van der Waals surface area (Å²) in [7, 11) is -3.42. The molecule has 1 aliphatic carbocycles. The van der Waals surface area contributed by atoms with Crippen LogP contribution in [0.15, 0.2) is 0 Å². The van der Waals surface area contributed by atoms with Crippen molar-refractivity contribution in [3.63, 3.8) is 0 Å². The van der Waals surface area contributed by atoms with Crippen molar-refractivity contribution in [1.29, 1.82) is 0 Å². The Morgan fingerprint density at radius 1 is 1.27 bits per heavy atom. The van der Waals surface area contributed by atoms with Gasteiger partial charge in [0.1, 0.15) is 5.54 Å². The minimum atomic E-state index is -3.42. The van der Waals surface area contributed by atoms with Gasteiger partial charge in [-0.15, -0.1) is 0 Å². The molecule has 2 fully saturated rings. The standard InChI is InChI=1S/C15H28N2O4S/c1-3-21-13-8-7-11-17(12-13)14(18)15(16-22(2,19)20)9-5-4-6-10-15/h13,16H,3-12H2,1-2H3. The number of rotatable bonds is 5. The van der Waals surface area contributed by atoms with E-state index in [4.69, 9.17) is 4.74 Å². The van der Waals surface area contributed by atoms with Crippen molar-refractivity contribution in [3.05, 3.63) is 0 Å². The van der Waals surface area contributed by atoms with Gasteiger partial charge in [0.15, 0.2) is 0 Å². The van der Waals surface area contributed by atoms with Crippen LogP contribution in [-0.2, 0) is 19.6 Å². The maximum atomic E-state index is 13.0. The second kappa shape index (κ2) is 7.27. The van der Waals surface area contributed by atoms with Gasteiger partial charge in [-0.2, -0.15) is 4.72 Å². The Labute approximate surface area is 133 Å². The lowest BCUT2D eigenvalue weighted by Gasteiger charge is -2.42. The molecule has 1 N–H and O–H groups in total. The van der Waals surface area contributed by atoms with Gasteiger partial charge in [0.2, 0.25) is 15.9 Å². The number of piperidine rings is 1. The lowest BCUT2D eigenvalue weighted by molar-refractivity contribution is -0.143. The molecule has 22 heavy (non-hydrogen) atoms. The summed E-state index contributed by atoms with van der Waals surface area (Å²) in [5, 5.41) is 0. The van der Waals surface area contributed by atoms with Crippen LogP contribution in [0.25, 0.3) is 0 Å². The van der Waals surface area contributed by atoms with Crippen molar-refractivity contribution >= 4 is 15.9 Å². The van der Waals surface area contributed by atoms with Gasteiger partial charge >= 0.3 is 0 Å². The van der Waals surface area contributed by atoms with Crippen molar-refractivity contribution in [2.75, 3.05) is 26.0 Å². The number of ether oxygens (including phenoxy) is 1. The van der Waals surface area contributed by atoms with E-state index in [1.807, 2.05) is 6.92 Å². The van der Waals surface area contributed by atoms with Crippen LogP contribution in [0.3, 0.4) is 0 Å². The minimum absolute atomic E-state index is 0.0676. The first-order valence-electron chi connectivity index (χ1n) is 8.26. The van der Waals surface area contributed by atoms with E-state index in [2.05, 4.69) is 4.72 Å². The summed E-state index contributed by atoms with van der Waals surface area (Å²) in [5.74, 6) is -0.0676. The zero-order valence-corrected chi connectivity index (χ0v) is 14.5. The molecule has 1 aliphatic heterocycles. The van der Waals surface area contributed by atoms with Gasteiger partial charge in [-0.3, -0.25) is 4.79 Å². The van der Waals surface area contributed by atoms with Crippen molar-refractivity contribution in [1.82, 2.24) is 9.62 Å². The quantitative estimate of drug-likeness (QED) is 0.822. The summed E-state index contributed by atoms with van der Waals surface area (Å²) in [4.78, 5) is 14.8. The Morgan fingerprint density at radius 3 is 2.55 bits per heavy atom. The summed E-state index contributed by atoms with van der Waals surface area (Å²) < 4.78 is 31.8. The van der Waals surface area contributed by atoms with Crippen molar-refractivity contribution in [2.24, 2.45) is 0 Å². The molecule has 0 aromatic heterocycles. The number of carbonyl (C=O) groups is 1. The Balaban J connectivity index is 2.14. The van der Waals surface area contributed by atoms with Crippen LogP contribution in [0.2, 0.25) is 0 Å². The molecule has 128 valence electrons. The summed E-state index contributed by atoms with van der Waals surface area (Å²) in [6.45, 7) is 3.85. The minimum Gasteiger partial charge on any atom is -0.377 e. The van der Waals surface area contributed by atoms with E-state index in [9.17, 15) is 13.2 Å². The van der Waals surface area contributed by atoms with Crippen molar-refractivity contribution < 1.29 is 17.9 Å². The number of sulfonamides is 1. The van der Waals surface area contributed by atoms with Crippen LogP contribution < -0.4 is 4.72 Å². The van der Waals surface area contributed by atoms with E-state index in [0.717, 1.165) is 38.4 Å². The highest BCUT2D eigenvalue weighted by Crippen LogP contribution is 2.31. The average Bonchev–Trinajstić information content (AvgIpc) is 2.46. The van der Waals surface area contributed by atoms with E-state index >= 15 is 0 Å². The zero-order chi connectivity index (χ0) is 16.2. The normalized spacial score (nSPS) is 25.9. The second-order valence-corrected chi connectivity index (χ2v) is 8.24. The van der Waals surface area contributed by atoms with E-state index in [1.165, 1.54) is 0 Å². The van der Waals surface area contributed by atoms with E-state index in [-0.39, 0.29) is 12.0 Å². The highest BCUT2D eigenvalue weighted by atomic mass is 32.2. The molecule has 1 saturated carbocycles. The molecule has 1 saturated heterocycles. The summed E-state index contributed by atoms with van der Waals surface area (Å²) in [5.41, 5.74) is -0.945. The van der Waals surface area contributed by atoms with Crippen molar-refractivity contribution in [2.45, 2.75) is 63.5 Å². The lowest BCUT2D eigenvalue weighted by Crippen LogP contribution is -2.62. The maximum Gasteiger partial charge on any atom is 0.243 e. The van der Waals surface area contributed by atoms with Gasteiger partial charge in [0.25, 0.3) is 0 Å². The molecule has 2 aliphatic rings. The van der Waals surface area contributed by atoms with Gasteiger partial charge in [-0.25, -0.2) is 8.42 Å². The van der Waals surface area contributed by atoms with Gasteiger partial charge in [-0.1, -0.05) is 19.3 Å². The molecular weight excluding hydrogens is 304 g/mol. The third-order valence-electron chi connectivity index (χ3n) is 4.56. The average molecular weight is 332 g/mol. The fourth-order valence-corrected chi connectivity index (χ4v) is 4.67. The van der Waals surface area contributed by atoms with E-state index in [0.29, 0.717) is 32.5 Å². The Kier molecular flexibility index (Phi) is 5.85. The van der Waals surface area contributed by atoms with Gasteiger partial charge in [0.05, 0.1) is 12.4 Å². The molecule has 7 heteroatoms. The van der Waals surface area contributed by atoms with Crippen LogP contribution in [0, 0.1) is 0 Å². The first-order chi connectivity index (χ1) is 10.4. The van der Waals surface area contributed by atoms with Crippen molar-refractivity contribution in [3.8, 4) is 0 Å². The molecule has 1 unspecified atom stereocenters. The number of hydrogen-bond donors (Lipinski definition) is 1. The molecule has 1 heterocycles. The highest BCUT2D eigenvalue weighted by Gasteiger charge is 2.44. The predicted molar refractivity (Wildman–Crippen MR) is 85.0 cm³/mol. The molecule has 0 radical (unpaired) electrons. The molecule has 1 atom stereocenters. The summed E-state index contributed by atoms with van der Waals surface area (Å²) >= 11 is 0. The second-order valence-electron chi connectivity index (χ2n) is 6.49. The third kappa shape index (κ3) is 4.43. The smallest absolute Gasteiger partial charge is 0.243 e. The molecule has 0 aromatic rings. The topological polar surface area (TPSA) is 75.7 Å². The predicted octanol–water partition coefficient (Wildman–Crippen LogP) is 1.27. The zero-order valence-electron chi connectivity index (χ0n) is 13.6. The molecule has 6 nitrogen and oxygen atoms in total. The Hall–Kier alpha value is -0.660. The van der Waals surface area contributed by atoms with Crippen LogP contribution >= 0.6 is 0 Å². The van der Waals surface area contributed by atoms with E-state index < -0.39 is 15.6 Å². The monoisotopic (exact) mass is 332 g/mol. The lowest BCUT2D eigenvalue weighted by atomic mass is 9.81. The van der Waals surface area contributed by atoms with Crippen LogP contribution in [0.4, 0.5) is 0 Å². The number of nitrogens with zero attached hydrogens (tertiary/aromatic N) is 1. The summed E-state index contributed by atoms with van der Waals surface area (Å²) in [6.07, 6.45) is 7.09.